The topological polar surface area (TPSA) is 20.2 Å². The third kappa shape index (κ3) is 2.15. The molecular weight excluding hydrogens is 223 g/mol. The predicted octanol–water partition coefficient (Wildman–Crippen LogP) is 3.53. The van der Waals surface area contributed by atoms with Gasteiger partial charge in [-0.25, -0.2) is 4.39 Å². The Bertz CT molecular complexity index is 478. The van der Waals surface area contributed by atoms with Crippen molar-refractivity contribution < 1.29 is 9.50 Å². The maximum Gasteiger partial charge on any atom is 0.123 e. The molecule has 1 aromatic heterocycles. The lowest BCUT2D eigenvalue weighted by molar-refractivity contribution is 0.222. The predicted molar refractivity (Wildman–Crippen MR) is 64.2 cm³/mol. The molecule has 1 N–H and O–H groups in total. The Morgan fingerprint density at radius 2 is 2.19 bits per heavy atom. The summed E-state index contributed by atoms with van der Waals surface area (Å²) in [7, 11) is 0. The molecule has 2 aromatic rings. The number of aliphatic hydroxyl groups is 1. The average Bonchev–Trinajstić information content (AvgIpc) is 2.76. The van der Waals surface area contributed by atoms with Crippen molar-refractivity contribution in [3.8, 4) is 0 Å². The first-order valence-electron chi connectivity index (χ1n) is 5.22. The minimum Gasteiger partial charge on any atom is -0.383 e. The van der Waals surface area contributed by atoms with Gasteiger partial charge in [0.2, 0.25) is 0 Å². The number of halogens is 1. The summed E-state index contributed by atoms with van der Waals surface area (Å²) in [6, 6.07) is 8.12. The number of benzene rings is 1. The van der Waals surface area contributed by atoms with E-state index in [4.69, 9.17) is 0 Å². The Morgan fingerprint density at radius 3 is 2.88 bits per heavy atom. The zero-order valence-corrected chi connectivity index (χ0v) is 9.80. The summed E-state index contributed by atoms with van der Waals surface area (Å²) < 4.78 is 13.0. The van der Waals surface area contributed by atoms with Gasteiger partial charge in [0.25, 0.3) is 0 Å². The molecule has 0 fully saturated rings. The fourth-order valence-corrected chi connectivity index (χ4v) is 2.72. The van der Waals surface area contributed by atoms with E-state index in [1.165, 1.54) is 23.5 Å². The fraction of sp³-hybridized carbons (Fsp3) is 0.231. The van der Waals surface area contributed by atoms with Gasteiger partial charge in [0, 0.05) is 4.88 Å². The average molecular weight is 236 g/mol. The van der Waals surface area contributed by atoms with Gasteiger partial charge in [-0.3, -0.25) is 0 Å². The molecule has 1 atom stereocenters. The van der Waals surface area contributed by atoms with E-state index in [-0.39, 0.29) is 5.82 Å². The molecule has 0 spiro atoms. The summed E-state index contributed by atoms with van der Waals surface area (Å²) in [5.74, 6) is -0.314. The van der Waals surface area contributed by atoms with Crippen molar-refractivity contribution in [2.45, 2.75) is 19.4 Å². The quantitative estimate of drug-likeness (QED) is 0.864. The number of aryl methyl sites for hydroxylation is 1. The molecule has 0 bridgehead atoms. The van der Waals surface area contributed by atoms with Crippen LogP contribution in [0.2, 0.25) is 0 Å². The first-order valence-corrected chi connectivity index (χ1v) is 6.10. The molecule has 0 radical (unpaired) electrons. The monoisotopic (exact) mass is 236 g/mol. The molecule has 1 unspecified atom stereocenters. The third-order valence-corrected chi connectivity index (χ3v) is 3.59. The third-order valence-electron chi connectivity index (χ3n) is 2.57. The maximum atomic E-state index is 13.0. The molecule has 0 saturated carbocycles. The van der Waals surface area contributed by atoms with Crippen molar-refractivity contribution in [2.24, 2.45) is 0 Å². The van der Waals surface area contributed by atoms with E-state index in [0.29, 0.717) is 5.56 Å². The normalized spacial score (nSPS) is 12.7. The molecule has 0 aliphatic carbocycles. The van der Waals surface area contributed by atoms with Crippen molar-refractivity contribution in [2.75, 3.05) is 0 Å². The van der Waals surface area contributed by atoms with Crippen LogP contribution in [0.4, 0.5) is 4.39 Å². The minimum absolute atomic E-state index is 0.314. The molecule has 1 heterocycles. The van der Waals surface area contributed by atoms with Crippen LogP contribution in [0.5, 0.6) is 0 Å². The Kier molecular flexibility index (Phi) is 3.36. The van der Waals surface area contributed by atoms with Crippen molar-refractivity contribution >= 4 is 11.3 Å². The van der Waals surface area contributed by atoms with Crippen LogP contribution in [0, 0.1) is 5.82 Å². The minimum atomic E-state index is -0.717. The van der Waals surface area contributed by atoms with Crippen LogP contribution < -0.4 is 0 Å². The Balaban J connectivity index is 2.35. The summed E-state index contributed by atoms with van der Waals surface area (Å²) in [4.78, 5) is 0.910. The molecule has 1 aromatic carbocycles. The zero-order valence-electron chi connectivity index (χ0n) is 8.98. The highest BCUT2D eigenvalue weighted by Gasteiger charge is 2.15. The molecule has 1 nitrogen and oxygen atoms in total. The lowest BCUT2D eigenvalue weighted by Gasteiger charge is -2.11. The van der Waals surface area contributed by atoms with E-state index in [0.717, 1.165) is 16.9 Å². The van der Waals surface area contributed by atoms with Gasteiger partial charge in [-0.15, -0.1) is 11.3 Å². The van der Waals surface area contributed by atoms with E-state index >= 15 is 0 Å². The SMILES string of the molecule is CCc1ccsc1C(O)c1cccc(F)c1. The molecule has 0 aliphatic rings. The van der Waals surface area contributed by atoms with Gasteiger partial charge < -0.3 is 5.11 Å². The van der Waals surface area contributed by atoms with Crippen LogP contribution in [0.3, 0.4) is 0 Å². The summed E-state index contributed by atoms with van der Waals surface area (Å²) in [6.07, 6.45) is 0.163. The lowest BCUT2D eigenvalue weighted by Crippen LogP contribution is -2.00. The van der Waals surface area contributed by atoms with E-state index in [1.54, 1.807) is 12.1 Å². The van der Waals surface area contributed by atoms with Crippen LogP contribution in [0.15, 0.2) is 35.7 Å². The van der Waals surface area contributed by atoms with Gasteiger partial charge in [0.1, 0.15) is 11.9 Å². The maximum absolute atomic E-state index is 13.0. The number of thiophene rings is 1. The zero-order chi connectivity index (χ0) is 11.5. The summed E-state index contributed by atoms with van der Waals surface area (Å²) in [5, 5.41) is 12.1. The standard InChI is InChI=1S/C13H13FOS/c1-2-9-6-7-16-13(9)12(15)10-4-3-5-11(14)8-10/h3-8,12,15H,2H2,1H3. The summed E-state index contributed by atoms with van der Waals surface area (Å²) in [5.41, 5.74) is 1.74. The first kappa shape index (κ1) is 11.3. The smallest absolute Gasteiger partial charge is 0.123 e. The molecule has 16 heavy (non-hydrogen) atoms. The highest BCUT2D eigenvalue weighted by molar-refractivity contribution is 7.10. The van der Waals surface area contributed by atoms with Crippen LogP contribution in [-0.4, -0.2) is 5.11 Å². The van der Waals surface area contributed by atoms with Gasteiger partial charge in [0.15, 0.2) is 0 Å². The van der Waals surface area contributed by atoms with Crippen molar-refractivity contribution in [1.82, 2.24) is 0 Å². The molecule has 2 rings (SSSR count). The molecule has 84 valence electrons. The van der Waals surface area contributed by atoms with Crippen molar-refractivity contribution in [1.29, 1.82) is 0 Å². The van der Waals surface area contributed by atoms with E-state index in [9.17, 15) is 9.50 Å². The van der Waals surface area contributed by atoms with Gasteiger partial charge in [-0.05, 0) is 41.1 Å². The van der Waals surface area contributed by atoms with Crippen LogP contribution in [0.1, 0.15) is 29.0 Å². The molecule has 0 saturated heterocycles. The highest BCUT2D eigenvalue weighted by Crippen LogP contribution is 2.30. The Hall–Kier alpha value is -1.19. The van der Waals surface area contributed by atoms with E-state index in [1.807, 2.05) is 18.4 Å². The molecule has 0 amide bonds. The van der Waals surface area contributed by atoms with Crippen LogP contribution >= 0.6 is 11.3 Å². The Labute approximate surface area is 98.2 Å². The number of hydrogen-bond donors (Lipinski definition) is 1. The molecular formula is C13H13FOS. The van der Waals surface area contributed by atoms with Gasteiger partial charge >= 0.3 is 0 Å². The van der Waals surface area contributed by atoms with Gasteiger partial charge in [0.05, 0.1) is 0 Å². The highest BCUT2D eigenvalue weighted by atomic mass is 32.1. The second kappa shape index (κ2) is 4.76. The van der Waals surface area contributed by atoms with E-state index < -0.39 is 6.10 Å². The fourth-order valence-electron chi connectivity index (χ4n) is 1.71. The molecule has 0 aliphatic heterocycles. The molecule has 3 heteroatoms. The van der Waals surface area contributed by atoms with E-state index in [2.05, 4.69) is 0 Å². The lowest BCUT2D eigenvalue weighted by atomic mass is 10.0. The second-order valence-electron chi connectivity index (χ2n) is 3.62. The first-order chi connectivity index (χ1) is 7.72. The summed E-state index contributed by atoms with van der Waals surface area (Å²) in [6.45, 7) is 2.05. The van der Waals surface area contributed by atoms with Crippen LogP contribution in [-0.2, 0) is 6.42 Å². The second-order valence-corrected chi connectivity index (χ2v) is 4.57. The Morgan fingerprint density at radius 1 is 1.38 bits per heavy atom. The van der Waals surface area contributed by atoms with Crippen molar-refractivity contribution in [3.63, 3.8) is 0 Å². The summed E-state index contributed by atoms with van der Waals surface area (Å²) >= 11 is 1.51. The largest absolute Gasteiger partial charge is 0.383 e. The van der Waals surface area contributed by atoms with Gasteiger partial charge in [-0.2, -0.15) is 0 Å². The number of rotatable bonds is 3. The van der Waals surface area contributed by atoms with Gasteiger partial charge in [-0.1, -0.05) is 19.1 Å². The number of aliphatic hydroxyl groups excluding tert-OH is 1. The number of hydrogen-bond acceptors (Lipinski definition) is 2. The van der Waals surface area contributed by atoms with Crippen LogP contribution in [0.25, 0.3) is 0 Å². The van der Waals surface area contributed by atoms with Crippen molar-refractivity contribution in [3.05, 3.63) is 57.5 Å².